The Kier molecular flexibility index (Phi) is 5.87. The highest BCUT2D eigenvalue weighted by Crippen LogP contribution is 2.30. The summed E-state index contributed by atoms with van der Waals surface area (Å²) in [6, 6.07) is 6.97. The zero-order valence-electron chi connectivity index (χ0n) is 13.6. The number of nitrogens with two attached hydrogens (primary N) is 2. The monoisotopic (exact) mass is 425 g/mol. The van der Waals surface area contributed by atoms with Gasteiger partial charge in [0.05, 0.1) is 7.05 Å². The van der Waals surface area contributed by atoms with Crippen molar-refractivity contribution in [2.45, 2.75) is 20.8 Å². The number of Topliss-reactive ketones (excluding diaryl/α,β-unsaturated/α-hetero) is 2. The molecule has 2 rings (SSSR count). The maximum absolute atomic E-state index is 11.7. The van der Waals surface area contributed by atoms with E-state index in [1.54, 1.807) is 22.8 Å². The van der Waals surface area contributed by atoms with Gasteiger partial charge in [0.2, 0.25) is 0 Å². The first-order valence-corrected chi connectivity index (χ1v) is 6.94. The number of aryl methyl sites for hydroxylation is 1. The van der Waals surface area contributed by atoms with Gasteiger partial charge in [0, 0.05) is 16.7 Å². The molecule has 122 valence electrons. The van der Waals surface area contributed by atoms with E-state index in [1.807, 2.05) is 20.0 Å². The van der Waals surface area contributed by atoms with Crippen molar-refractivity contribution in [2.24, 2.45) is 7.05 Å². The number of carbonyl (C=O) groups is 2. The highest BCUT2D eigenvalue weighted by atomic mass is 127. The number of hydrogen-bond donors (Lipinski definition) is 2. The first-order valence-electron chi connectivity index (χ1n) is 6.94. The normalized spacial score (nSPS) is 10.1. The van der Waals surface area contributed by atoms with E-state index in [0.717, 1.165) is 11.3 Å². The van der Waals surface area contributed by atoms with Crippen LogP contribution in [0.5, 0.6) is 0 Å². The summed E-state index contributed by atoms with van der Waals surface area (Å²) in [5.74, 6) is 0.246. The van der Waals surface area contributed by atoms with Gasteiger partial charge in [0.15, 0.2) is 11.6 Å². The molecule has 0 saturated heterocycles. The van der Waals surface area contributed by atoms with Gasteiger partial charge in [0.25, 0.3) is 5.82 Å². The Morgan fingerprint density at radius 2 is 1.43 bits per heavy atom. The molecule has 1 heterocycles. The van der Waals surface area contributed by atoms with Crippen LogP contribution in [-0.4, -0.2) is 11.6 Å². The van der Waals surface area contributed by atoms with Crippen LogP contribution >= 0.6 is 0 Å². The first-order chi connectivity index (χ1) is 10.2. The van der Waals surface area contributed by atoms with Crippen LogP contribution in [-0.2, 0) is 7.05 Å². The average Bonchev–Trinajstić information content (AvgIpc) is 2.48. The van der Waals surface area contributed by atoms with Crippen molar-refractivity contribution in [3.63, 3.8) is 0 Å². The number of hydrogen-bond acceptors (Lipinski definition) is 4. The van der Waals surface area contributed by atoms with Gasteiger partial charge in [-0.25, -0.2) is 4.57 Å². The van der Waals surface area contributed by atoms with Gasteiger partial charge in [-0.2, -0.15) is 0 Å². The highest BCUT2D eigenvalue weighted by molar-refractivity contribution is 6.02. The fourth-order valence-electron chi connectivity index (χ4n) is 2.32. The smallest absolute Gasteiger partial charge is 0.296 e. The summed E-state index contributed by atoms with van der Waals surface area (Å²) in [6.07, 6.45) is 0. The molecule has 0 aliphatic heterocycles. The molecule has 6 heteroatoms. The van der Waals surface area contributed by atoms with Crippen molar-refractivity contribution in [3.8, 4) is 11.1 Å². The molecule has 0 radical (unpaired) electrons. The number of anilines is 2. The predicted octanol–water partition coefficient (Wildman–Crippen LogP) is -0.940. The van der Waals surface area contributed by atoms with E-state index in [9.17, 15) is 9.59 Å². The summed E-state index contributed by atoms with van der Waals surface area (Å²) in [5, 5.41) is 0. The van der Waals surface area contributed by atoms with E-state index in [-0.39, 0.29) is 35.5 Å². The van der Waals surface area contributed by atoms with Crippen LogP contribution in [0.25, 0.3) is 11.1 Å². The zero-order valence-corrected chi connectivity index (χ0v) is 15.8. The molecule has 2 aromatic rings. The molecule has 0 aliphatic carbocycles. The van der Waals surface area contributed by atoms with Crippen LogP contribution in [0.3, 0.4) is 0 Å². The Morgan fingerprint density at radius 1 is 0.957 bits per heavy atom. The fraction of sp³-hybridized carbons (Fsp3) is 0.235. The molecule has 0 fully saturated rings. The highest BCUT2D eigenvalue weighted by Gasteiger charge is 2.17. The fourth-order valence-corrected chi connectivity index (χ4v) is 2.32. The molecule has 0 spiro atoms. The second-order valence-electron chi connectivity index (χ2n) is 5.47. The van der Waals surface area contributed by atoms with Crippen LogP contribution < -0.4 is 40.0 Å². The third kappa shape index (κ3) is 3.69. The Morgan fingerprint density at radius 3 is 1.87 bits per heavy atom. The zero-order chi connectivity index (χ0) is 16.6. The standard InChI is InChI=1S/C17H19N3O2.HI/c1-9-5-15(16(18)17(19)20(9)4)14-7-12(10(2)21)6-13(8-14)11(3)22;/h5-8,19H,18H2,1-4H3;1H. The largest absolute Gasteiger partial charge is 1.00 e. The minimum absolute atomic E-state index is 0. The van der Waals surface area contributed by atoms with Crippen LogP contribution in [0.15, 0.2) is 24.3 Å². The number of benzene rings is 1. The van der Waals surface area contributed by atoms with Crippen molar-refractivity contribution < 1.29 is 38.1 Å². The minimum Gasteiger partial charge on any atom is -1.00 e. The molecule has 0 aliphatic rings. The predicted molar refractivity (Wildman–Crippen MR) is 86.6 cm³/mol. The molecule has 5 nitrogen and oxygen atoms in total. The quantitative estimate of drug-likeness (QED) is 0.378. The minimum atomic E-state index is -0.103. The van der Waals surface area contributed by atoms with Crippen molar-refractivity contribution in [1.82, 2.24) is 0 Å². The summed E-state index contributed by atoms with van der Waals surface area (Å²) in [4.78, 5) is 23.4. The van der Waals surface area contributed by atoms with Crippen molar-refractivity contribution in [2.75, 3.05) is 11.5 Å². The van der Waals surface area contributed by atoms with E-state index in [0.29, 0.717) is 28.2 Å². The van der Waals surface area contributed by atoms with Gasteiger partial charge in [-0.3, -0.25) is 15.3 Å². The number of ketones is 2. The maximum Gasteiger partial charge on any atom is 0.296 e. The van der Waals surface area contributed by atoms with E-state index in [4.69, 9.17) is 11.5 Å². The molecule has 23 heavy (non-hydrogen) atoms. The van der Waals surface area contributed by atoms with Gasteiger partial charge in [0.1, 0.15) is 11.4 Å². The van der Waals surface area contributed by atoms with Crippen molar-refractivity contribution >= 4 is 23.1 Å². The number of rotatable bonds is 3. The summed E-state index contributed by atoms with van der Waals surface area (Å²) >= 11 is 0. The summed E-state index contributed by atoms with van der Waals surface area (Å²) in [5.41, 5.74) is 15.9. The van der Waals surface area contributed by atoms with Gasteiger partial charge >= 0.3 is 0 Å². The van der Waals surface area contributed by atoms with Gasteiger partial charge in [-0.05, 0) is 50.6 Å². The molecule has 0 saturated carbocycles. The van der Waals surface area contributed by atoms with Crippen molar-refractivity contribution in [3.05, 3.63) is 41.1 Å². The lowest BCUT2D eigenvalue weighted by atomic mass is 9.96. The summed E-state index contributed by atoms with van der Waals surface area (Å²) in [6.45, 7) is 4.86. The molecule has 0 amide bonds. The van der Waals surface area contributed by atoms with Crippen molar-refractivity contribution in [1.29, 1.82) is 0 Å². The van der Waals surface area contributed by atoms with Crippen LogP contribution in [0.1, 0.15) is 40.3 Å². The molecule has 0 bridgehead atoms. The van der Waals surface area contributed by atoms with E-state index in [1.165, 1.54) is 13.8 Å². The first kappa shape index (κ1) is 19.1. The molecule has 1 aromatic carbocycles. The van der Waals surface area contributed by atoms with E-state index < -0.39 is 0 Å². The third-order valence-corrected chi connectivity index (χ3v) is 3.87. The summed E-state index contributed by atoms with van der Waals surface area (Å²) < 4.78 is 1.79. The maximum atomic E-state index is 11.7. The third-order valence-electron chi connectivity index (χ3n) is 3.87. The lowest BCUT2D eigenvalue weighted by Gasteiger charge is -2.12. The number of nitrogens with zero attached hydrogens (tertiary/aromatic N) is 1. The Hall–Kier alpha value is -1.96. The van der Waals surface area contributed by atoms with Crippen LogP contribution in [0, 0.1) is 6.92 Å². The lowest BCUT2D eigenvalue weighted by molar-refractivity contribution is -0.662. The SMILES string of the molecule is CC(=O)c1cc(C(C)=O)cc(-c2cc(C)[n+](C)c(N)c2N)c1.[I-]. The number of pyridine rings is 1. The van der Waals surface area contributed by atoms with Gasteiger partial charge in [-0.15, -0.1) is 0 Å². The Balaban J connectivity index is 0.00000264. The molecular formula is C17H20IN3O2. The second kappa shape index (κ2) is 7.08. The number of nitrogen functional groups attached to an aromatic ring is 2. The van der Waals surface area contributed by atoms with E-state index >= 15 is 0 Å². The molecule has 0 atom stereocenters. The topological polar surface area (TPSA) is 90.1 Å². The van der Waals surface area contributed by atoms with E-state index in [2.05, 4.69) is 0 Å². The molecule has 1 aromatic heterocycles. The molecule has 0 unspecified atom stereocenters. The Bertz CT molecular complexity index is 769. The average molecular weight is 425 g/mol. The number of carbonyl (C=O) groups excluding carboxylic acids is 2. The second-order valence-corrected chi connectivity index (χ2v) is 5.47. The number of halogens is 1. The van der Waals surface area contributed by atoms with Crippen LogP contribution in [0.4, 0.5) is 11.5 Å². The van der Waals surface area contributed by atoms with Crippen LogP contribution in [0.2, 0.25) is 0 Å². The molecular weight excluding hydrogens is 405 g/mol. The van der Waals surface area contributed by atoms with Gasteiger partial charge < -0.3 is 29.7 Å². The number of aromatic nitrogens is 1. The van der Waals surface area contributed by atoms with Gasteiger partial charge in [-0.1, -0.05) is 0 Å². The summed E-state index contributed by atoms with van der Waals surface area (Å²) in [7, 11) is 1.83. The Labute approximate surface area is 152 Å². The molecule has 4 N–H and O–H groups in total. The lowest BCUT2D eigenvalue weighted by Crippen LogP contribution is -3.00.